The minimum atomic E-state index is -0.585. The van der Waals surface area contributed by atoms with Crippen molar-refractivity contribution in [2.24, 2.45) is 17.4 Å². The first kappa shape index (κ1) is 48.8. The van der Waals surface area contributed by atoms with E-state index in [2.05, 4.69) is 41.3 Å². The van der Waals surface area contributed by atoms with Crippen LogP contribution in [0.3, 0.4) is 0 Å². The van der Waals surface area contributed by atoms with Crippen molar-refractivity contribution in [1.29, 1.82) is 0 Å². The molecule has 3 aliphatic heterocycles. The highest BCUT2D eigenvalue weighted by Gasteiger charge is 2.35. The molecule has 2 aromatic heterocycles. The Morgan fingerprint density at radius 3 is 1.45 bits per heavy atom. The summed E-state index contributed by atoms with van der Waals surface area (Å²) in [6, 6.07) is 18.7. The van der Waals surface area contributed by atoms with Gasteiger partial charge in [-0.15, -0.1) is 22.7 Å². The molecule has 19 heteroatoms. The number of amides is 2. The van der Waals surface area contributed by atoms with Gasteiger partial charge in [0.1, 0.15) is 36.9 Å². The van der Waals surface area contributed by atoms with Gasteiger partial charge in [-0.2, -0.15) is 0 Å². The molecule has 3 aliphatic rings. The lowest BCUT2D eigenvalue weighted by Crippen LogP contribution is -2.51. The maximum atomic E-state index is 12.5. The monoisotopic (exact) mass is 894 g/mol. The number of ether oxygens (including phenoxy) is 2. The van der Waals surface area contributed by atoms with E-state index in [-0.39, 0.29) is 18.4 Å². The number of hydrogen-bond donors (Lipinski definition) is 6. The van der Waals surface area contributed by atoms with Crippen LogP contribution in [-0.4, -0.2) is 186 Å². The first-order chi connectivity index (χ1) is 30.1. The second kappa shape index (κ2) is 24.6. The van der Waals surface area contributed by atoms with Crippen molar-refractivity contribution < 1.29 is 34.4 Å². The zero-order chi connectivity index (χ0) is 44.6. The fourth-order valence-electron chi connectivity index (χ4n) is 7.57. The summed E-state index contributed by atoms with van der Waals surface area (Å²) in [5.74, 6) is 9.08. The third-order valence-corrected chi connectivity index (χ3v) is 12.6. The van der Waals surface area contributed by atoms with Gasteiger partial charge in [0.15, 0.2) is 0 Å². The van der Waals surface area contributed by atoms with E-state index < -0.39 is 12.2 Å². The highest BCUT2D eigenvalue weighted by atomic mass is 32.1. The number of carbonyl (C=O) groups excluding carboxylic acids is 2. The van der Waals surface area contributed by atoms with Gasteiger partial charge in [-0.3, -0.25) is 45.8 Å². The highest BCUT2D eigenvalue weighted by molar-refractivity contribution is 7.18. The number of piperazine rings is 2. The van der Waals surface area contributed by atoms with E-state index in [4.69, 9.17) is 20.3 Å². The number of imide groups is 1. The fraction of sp³-hybridized carbons (Fsp3) is 0.488. The number of hydrazine groups is 1. The Morgan fingerprint density at radius 2 is 1.03 bits per heavy atom. The maximum absolute atomic E-state index is 12.5. The molecule has 2 saturated heterocycles. The Labute approximate surface area is 371 Å². The summed E-state index contributed by atoms with van der Waals surface area (Å²) in [5, 5.41) is 29.8. The summed E-state index contributed by atoms with van der Waals surface area (Å²) in [6.07, 6.45) is -1.07. The topological polar surface area (TPSA) is 233 Å². The molecule has 0 unspecified atom stereocenters. The van der Waals surface area contributed by atoms with Crippen molar-refractivity contribution in [2.75, 3.05) is 112 Å². The SMILES string of the molecule is CO.Cc1nc2cc(OC[C@H](O)CN3CCN(CCN)CC3)ccc2s1.Cc1nc2cc(OC[C@H](O)CN3CCN(CCN4C(=O)c5ccccc5C4=O)CC3)ccc2s1.NN. The smallest absolute Gasteiger partial charge is 0.261 e. The summed E-state index contributed by atoms with van der Waals surface area (Å²) in [4.78, 5) is 44.5. The molecule has 0 aliphatic carbocycles. The Hall–Kier alpha value is -4.22. The first-order valence-electron chi connectivity index (χ1n) is 20.8. The van der Waals surface area contributed by atoms with Crippen molar-refractivity contribution in [2.45, 2.75) is 26.1 Å². The van der Waals surface area contributed by atoms with Gasteiger partial charge in [0.05, 0.1) is 41.6 Å². The predicted octanol–water partition coefficient (Wildman–Crippen LogP) is 1.61. The van der Waals surface area contributed by atoms with Gasteiger partial charge in [-0.1, -0.05) is 12.1 Å². The number of benzene rings is 3. The average molecular weight is 895 g/mol. The molecule has 0 bridgehead atoms. The fourth-order valence-corrected chi connectivity index (χ4v) is 9.18. The number of aliphatic hydroxyl groups is 3. The number of carbonyl (C=O) groups is 2. The number of nitrogens with zero attached hydrogens (tertiary/aromatic N) is 7. The average Bonchev–Trinajstić information content (AvgIpc) is 3.94. The number of hydrogen-bond acceptors (Lipinski definition) is 18. The van der Waals surface area contributed by atoms with E-state index in [9.17, 15) is 19.8 Å². The van der Waals surface area contributed by atoms with Crippen molar-refractivity contribution >= 4 is 54.9 Å². The standard InChI is InChI=1S/C25H28N4O4S.C17H26N4O2S.CH4O.H4N2/c1-17-26-22-14-19(6-7-23(22)34-17)33-16-18(30)15-28-10-8-27(9-11-28)12-13-29-24(31)20-4-2-3-5-21(20)25(29)32;1-13-19-16-10-15(2-3-17(16)24-13)23-12-14(22)11-21-8-6-20(5-4-18)7-9-21;2*1-2/h2-7,14,18,30H,8-13,15-16H2,1H3;2-3,10,14,22H,4-9,11-12,18H2,1H3;2H,1H3;1-2H2/t18-;14-;;/m11../s1. The van der Waals surface area contributed by atoms with E-state index in [0.29, 0.717) is 50.5 Å². The number of rotatable bonds is 15. The lowest BCUT2D eigenvalue weighted by Gasteiger charge is -2.36. The zero-order valence-corrected chi connectivity index (χ0v) is 37.5. The number of nitrogens with two attached hydrogens (primary N) is 3. The number of aromatic nitrogens is 2. The van der Waals surface area contributed by atoms with Gasteiger partial charge < -0.3 is 30.5 Å². The summed E-state index contributed by atoms with van der Waals surface area (Å²) < 4.78 is 13.8. The third-order valence-electron chi connectivity index (χ3n) is 10.6. The second-order valence-corrected chi connectivity index (χ2v) is 17.5. The Bertz CT molecular complexity index is 2120. The lowest BCUT2D eigenvalue weighted by molar-refractivity contribution is 0.0425. The van der Waals surface area contributed by atoms with Crippen molar-refractivity contribution in [1.82, 2.24) is 34.5 Å². The van der Waals surface area contributed by atoms with Crippen LogP contribution in [0, 0.1) is 13.8 Å². The van der Waals surface area contributed by atoms with E-state index in [0.717, 1.165) is 108 Å². The molecule has 9 N–H and O–H groups in total. The van der Waals surface area contributed by atoms with E-state index in [1.807, 2.05) is 50.2 Å². The molecule has 5 aromatic rings. The normalized spacial score (nSPS) is 17.1. The number of thiazole rings is 2. The Morgan fingerprint density at radius 1 is 0.629 bits per heavy atom. The molecular formula is C43H62N10O7S2. The van der Waals surface area contributed by atoms with E-state index >= 15 is 0 Å². The van der Waals surface area contributed by atoms with Gasteiger partial charge in [-0.05, 0) is 50.2 Å². The van der Waals surface area contributed by atoms with Crippen molar-refractivity contribution in [3.05, 3.63) is 81.8 Å². The molecule has 0 saturated carbocycles. The molecule has 3 aromatic carbocycles. The highest BCUT2D eigenvalue weighted by Crippen LogP contribution is 2.27. The summed E-state index contributed by atoms with van der Waals surface area (Å²) in [7, 11) is 1.00. The molecule has 17 nitrogen and oxygen atoms in total. The maximum Gasteiger partial charge on any atom is 0.261 e. The van der Waals surface area contributed by atoms with Gasteiger partial charge in [0.25, 0.3) is 11.8 Å². The van der Waals surface area contributed by atoms with Crippen LogP contribution in [0.2, 0.25) is 0 Å². The molecule has 2 amide bonds. The summed E-state index contributed by atoms with van der Waals surface area (Å²) in [6.45, 7) is 15.7. The van der Waals surface area contributed by atoms with Crippen LogP contribution >= 0.6 is 22.7 Å². The minimum absolute atomic E-state index is 0.202. The molecule has 2 fully saturated rings. The Balaban J connectivity index is 0.000000228. The molecular weight excluding hydrogens is 833 g/mol. The van der Waals surface area contributed by atoms with E-state index in [1.54, 1.807) is 46.9 Å². The third kappa shape index (κ3) is 13.6. The summed E-state index contributed by atoms with van der Waals surface area (Å²) in [5.41, 5.74) is 8.46. The predicted molar refractivity (Wildman–Crippen MR) is 245 cm³/mol. The van der Waals surface area contributed by atoms with Gasteiger partial charge in [0, 0.05) is 111 Å². The van der Waals surface area contributed by atoms with Gasteiger partial charge in [0.2, 0.25) is 0 Å². The largest absolute Gasteiger partial charge is 0.491 e. The second-order valence-electron chi connectivity index (χ2n) is 15.0. The number of β-amino-alcohol motifs (C(OH)–C–C–N with tert-alkyl or cyclic N) is 2. The van der Waals surface area contributed by atoms with Crippen LogP contribution in [0.1, 0.15) is 30.7 Å². The molecule has 338 valence electrons. The van der Waals surface area contributed by atoms with Crippen LogP contribution in [0.25, 0.3) is 20.4 Å². The number of aliphatic hydroxyl groups excluding tert-OH is 3. The number of aryl methyl sites for hydroxylation is 2. The van der Waals surface area contributed by atoms with Crippen molar-refractivity contribution in [3.8, 4) is 11.5 Å². The molecule has 0 radical (unpaired) electrons. The zero-order valence-electron chi connectivity index (χ0n) is 35.9. The van der Waals surface area contributed by atoms with Crippen LogP contribution in [0.4, 0.5) is 0 Å². The molecule has 8 rings (SSSR count). The molecule has 2 atom stereocenters. The lowest BCUT2D eigenvalue weighted by atomic mass is 10.1. The first-order valence-corrected chi connectivity index (χ1v) is 22.4. The Kier molecular flexibility index (Phi) is 19.3. The van der Waals surface area contributed by atoms with Gasteiger partial charge in [-0.25, -0.2) is 9.97 Å². The van der Waals surface area contributed by atoms with Crippen LogP contribution in [-0.2, 0) is 0 Å². The van der Waals surface area contributed by atoms with Crippen LogP contribution in [0.5, 0.6) is 11.5 Å². The summed E-state index contributed by atoms with van der Waals surface area (Å²) >= 11 is 3.33. The minimum Gasteiger partial charge on any atom is -0.491 e. The van der Waals surface area contributed by atoms with Gasteiger partial charge >= 0.3 is 0 Å². The number of fused-ring (bicyclic) bond motifs is 3. The quantitative estimate of drug-likeness (QED) is 0.0498. The van der Waals surface area contributed by atoms with Crippen LogP contribution < -0.4 is 26.9 Å². The van der Waals surface area contributed by atoms with Crippen LogP contribution in [0.15, 0.2) is 60.7 Å². The van der Waals surface area contributed by atoms with Crippen molar-refractivity contribution in [3.63, 3.8) is 0 Å². The molecule has 5 heterocycles. The molecule has 62 heavy (non-hydrogen) atoms. The molecule has 0 spiro atoms. The van der Waals surface area contributed by atoms with E-state index in [1.165, 1.54) is 4.90 Å².